The first kappa shape index (κ1) is 10.1. The van der Waals surface area contributed by atoms with E-state index in [2.05, 4.69) is 4.98 Å². The van der Waals surface area contributed by atoms with E-state index in [0.717, 1.165) is 5.39 Å². The van der Waals surface area contributed by atoms with Crippen LogP contribution in [0.5, 0.6) is 5.75 Å². The fourth-order valence-corrected chi connectivity index (χ4v) is 1.09. The molecule has 3 heteroatoms. The van der Waals surface area contributed by atoms with Crippen LogP contribution in [0.3, 0.4) is 0 Å². The minimum absolute atomic E-state index is 0. The van der Waals surface area contributed by atoms with Gasteiger partial charge in [0, 0.05) is 61.0 Å². The topological polar surface area (TPSA) is 33.1 Å². The zero-order chi connectivity index (χ0) is 7.68. The molecule has 2 nitrogen and oxygen atoms in total. The smallest absolute Gasteiger partial charge is 0.141 e. The van der Waals surface area contributed by atoms with Crippen LogP contribution in [0.25, 0.3) is 10.9 Å². The maximum absolute atomic E-state index is 9.31. The second-order valence-corrected chi connectivity index (χ2v) is 2.35. The fraction of sp³-hybridized carbons (Fsp3) is 0. The van der Waals surface area contributed by atoms with Crippen molar-refractivity contribution in [1.82, 2.24) is 4.98 Å². The average Bonchev–Trinajstić information content (AvgIpc) is 2.06. The predicted molar refractivity (Wildman–Crippen MR) is 43.4 cm³/mol. The number of aromatic hydroxyl groups is 1. The van der Waals surface area contributed by atoms with Gasteiger partial charge in [-0.1, -0.05) is 18.2 Å². The number of aromatic nitrogens is 1. The minimum atomic E-state index is 0. The van der Waals surface area contributed by atoms with E-state index < -0.39 is 0 Å². The second-order valence-electron chi connectivity index (χ2n) is 2.35. The van der Waals surface area contributed by atoms with Crippen LogP contribution in [-0.4, -0.2) is 10.1 Å². The van der Waals surface area contributed by atoms with Crippen molar-refractivity contribution in [3.8, 4) is 5.75 Å². The molecule has 1 heterocycles. The molecule has 0 amide bonds. The molecule has 2 aromatic rings. The van der Waals surface area contributed by atoms with Crippen molar-refractivity contribution in [1.29, 1.82) is 0 Å². The zero-order valence-electron chi connectivity index (χ0n) is 6.24. The molecule has 0 saturated carbocycles. The second kappa shape index (κ2) is 4.31. The van der Waals surface area contributed by atoms with Crippen LogP contribution in [0, 0.1) is 49.4 Å². The summed E-state index contributed by atoms with van der Waals surface area (Å²) in [6.07, 6.45) is 1.67. The number of rotatable bonds is 0. The van der Waals surface area contributed by atoms with Gasteiger partial charge in [-0.15, -0.1) is 0 Å². The molecule has 0 aliphatic carbocycles. The summed E-state index contributed by atoms with van der Waals surface area (Å²) in [6, 6.07) is 9.13. The maximum atomic E-state index is 9.31. The third-order valence-electron chi connectivity index (χ3n) is 1.61. The summed E-state index contributed by atoms with van der Waals surface area (Å²) in [7, 11) is 0. The molecular weight excluding hydrogens is 290 g/mol. The summed E-state index contributed by atoms with van der Waals surface area (Å²) < 4.78 is 0. The zero-order valence-corrected chi connectivity index (χ0v) is 8.66. The normalized spacial score (nSPS) is 9.33. The van der Waals surface area contributed by atoms with Gasteiger partial charge in [-0.25, -0.2) is 0 Å². The molecule has 0 bridgehead atoms. The first-order chi connectivity index (χ1) is 5.38. The Morgan fingerprint density at radius 3 is 2.58 bits per heavy atom. The van der Waals surface area contributed by atoms with E-state index in [0.29, 0.717) is 5.52 Å². The van der Waals surface area contributed by atoms with Crippen LogP contribution in [-0.2, 0) is 0 Å². The van der Waals surface area contributed by atoms with Crippen molar-refractivity contribution in [3.05, 3.63) is 36.5 Å². The summed E-state index contributed by atoms with van der Waals surface area (Å²) in [5.41, 5.74) is 0.662. The van der Waals surface area contributed by atoms with Crippen LogP contribution in [0.1, 0.15) is 0 Å². The number of hydrogen-bond acceptors (Lipinski definition) is 2. The van der Waals surface area contributed by atoms with Gasteiger partial charge >= 0.3 is 0 Å². The Kier molecular flexibility index (Phi) is 3.62. The van der Waals surface area contributed by atoms with Crippen molar-refractivity contribution in [2.45, 2.75) is 0 Å². The Bertz CT molecular complexity index is 384. The Balaban J connectivity index is 0.000000720. The Morgan fingerprint density at radius 1 is 1.08 bits per heavy atom. The minimum Gasteiger partial charge on any atom is -0.506 e. The molecular formula is C9H7EuNO. The monoisotopic (exact) mass is 298 g/mol. The van der Waals surface area contributed by atoms with Crippen LogP contribution < -0.4 is 0 Å². The number of nitrogens with zero attached hydrogens (tertiary/aromatic N) is 1. The fourth-order valence-electron chi connectivity index (χ4n) is 1.09. The van der Waals surface area contributed by atoms with E-state index >= 15 is 0 Å². The maximum Gasteiger partial charge on any atom is 0.141 e. The molecule has 0 fully saturated rings. The van der Waals surface area contributed by atoms with Gasteiger partial charge in [-0.05, 0) is 12.1 Å². The van der Waals surface area contributed by atoms with E-state index in [9.17, 15) is 5.11 Å². The van der Waals surface area contributed by atoms with Crippen molar-refractivity contribution >= 4 is 10.9 Å². The number of benzene rings is 1. The Morgan fingerprint density at radius 2 is 1.83 bits per heavy atom. The number of phenols is 1. The van der Waals surface area contributed by atoms with E-state index in [1.54, 1.807) is 18.3 Å². The molecule has 1 aromatic carbocycles. The molecule has 0 atom stereocenters. The summed E-state index contributed by atoms with van der Waals surface area (Å²) in [6.45, 7) is 0. The molecule has 61 valence electrons. The van der Waals surface area contributed by atoms with Gasteiger partial charge in [-0.3, -0.25) is 4.98 Å². The van der Waals surface area contributed by atoms with Crippen LogP contribution >= 0.6 is 0 Å². The van der Waals surface area contributed by atoms with Crippen molar-refractivity contribution in [2.24, 2.45) is 0 Å². The quantitative estimate of drug-likeness (QED) is 0.806. The first-order valence-corrected chi connectivity index (χ1v) is 3.40. The number of phenolic OH excluding ortho intramolecular Hbond substituents is 1. The average molecular weight is 297 g/mol. The van der Waals surface area contributed by atoms with Gasteiger partial charge in [-0.2, -0.15) is 0 Å². The molecule has 0 spiro atoms. The largest absolute Gasteiger partial charge is 0.506 e. The summed E-state index contributed by atoms with van der Waals surface area (Å²) in [5.74, 6) is 0.239. The number of para-hydroxylation sites is 1. The molecule has 1 radical (unpaired) electrons. The van der Waals surface area contributed by atoms with Crippen LogP contribution in [0.15, 0.2) is 36.5 Å². The number of hydrogen-bond donors (Lipinski definition) is 1. The molecule has 1 N–H and O–H groups in total. The summed E-state index contributed by atoms with van der Waals surface area (Å²) in [5, 5.41) is 10.3. The molecule has 0 unspecified atom stereocenters. The first-order valence-electron chi connectivity index (χ1n) is 3.40. The van der Waals surface area contributed by atoms with Gasteiger partial charge in [0.1, 0.15) is 11.3 Å². The van der Waals surface area contributed by atoms with Crippen LogP contribution in [0.4, 0.5) is 0 Å². The standard InChI is InChI=1S/C9H7NO.Eu/c11-8-5-1-3-7-4-2-6-10-9(7)8;/h1-6,11H;. The van der Waals surface area contributed by atoms with Gasteiger partial charge in [0.15, 0.2) is 0 Å². The predicted octanol–water partition coefficient (Wildman–Crippen LogP) is 1.94. The third-order valence-corrected chi connectivity index (χ3v) is 1.61. The Labute approximate surface area is 111 Å². The third kappa shape index (κ3) is 1.84. The van der Waals surface area contributed by atoms with E-state index in [1.807, 2.05) is 18.2 Å². The molecule has 0 aliphatic heterocycles. The van der Waals surface area contributed by atoms with Gasteiger partial charge in [0.25, 0.3) is 0 Å². The molecule has 0 saturated heterocycles. The summed E-state index contributed by atoms with van der Waals surface area (Å²) in [4.78, 5) is 4.03. The molecule has 12 heavy (non-hydrogen) atoms. The van der Waals surface area contributed by atoms with E-state index in [1.165, 1.54) is 0 Å². The van der Waals surface area contributed by atoms with Gasteiger partial charge in [0.2, 0.25) is 0 Å². The number of pyridine rings is 1. The molecule has 2 rings (SSSR count). The van der Waals surface area contributed by atoms with Crippen molar-refractivity contribution in [2.75, 3.05) is 0 Å². The molecule has 0 aliphatic rings. The van der Waals surface area contributed by atoms with Crippen molar-refractivity contribution < 1.29 is 54.5 Å². The SMILES string of the molecule is Oc1cccc2cccnc12.[Eu]. The Hall–Kier alpha value is 0.0144. The van der Waals surface area contributed by atoms with Gasteiger partial charge < -0.3 is 5.11 Å². The molecule has 1 aromatic heterocycles. The van der Waals surface area contributed by atoms with Crippen LogP contribution in [0.2, 0.25) is 0 Å². The number of fused-ring (bicyclic) bond motifs is 1. The summed E-state index contributed by atoms with van der Waals surface area (Å²) >= 11 is 0. The van der Waals surface area contributed by atoms with E-state index in [4.69, 9.17) is 0 Å². The van der Waals surface area contributed by atoms with Gasteiger partial charge in [0.05, 0.1) is 0 Å². The van der Waals surface area contributed by atoms with E-state index in [-0.39, 0.29) is 55.1 Å². The van der Waals surface area contributed by atoms with Crippen molar-refractivity contribution in [3.63, 3.8) is 0 Å².